The van der Waals surface area contributed by atoms with Gasteiger partial charge in [0.05, 0.1) is 22.7 Å². The third-order valence-electron chi connectivity index (χ3n) is 3.72. The molecular weight excluding hydrogens is 399 g/mol. The lowest BCUT2D eigenvalue weighted by Gasteiger charge is -2.09. The average Bonchev–Trinajstić information content (AvgIpc) is 3.25. The predicted molar refractivity (Wildman–Crippen MR) is 97.6 cm³/mol. The van der Waals surface area contributed by atoms with Gasteiger partial charge in [-0.15, -0.1) is 11.3 Å². The molecule has 144 valence electrons. The lowest BCUT2D eigenvalue weighted by Crippen LogP contribution is -2.28. The summed E-state index contributed by atoms with van der Waals surface area (Å²) in [4.78, 5) is 1.02. The highest BCUT2D eigenvalue weighted by Crippen LogP contribution is 2.29. The molecule has 0 amide bonds. The van der Waals surface area contributed by atoms with Crippen molar-refractivity contribution in [2.24, 2.45) is 0 Å². The van der Waals surface area contributed by atoms with Crippen LogP contribution in [0.15, 0.2) is 54.0 Å². The largest absolute Gasteiger partial charge is 0.416 e. The molecule has 0 aliphatic rings. The number of nitrogens with zero attached hydrogens (tertiary/aromatic N) is 2. The van der Waals surface area contributed by atoms with E-state index in [0.29, 0.717) is 6.54 Å². The molecule has 0 unspecified atom stereocenters. The van der Waals surface area contributed by atoms with Gasteiger partial charge in [0.15, 0.2) is 0 Å². The van der Waals surface area contributed by atoms with Crippen molar-refractivity contribution in [1.82, 2.24) is 14.5 Å². The Labute approximate surface area is 158 Å². The normalized spacial score (nSPS) is 12.4. The summed E-state index contributed by atoms with van der Waals surface area (Å²) >= 11 is 1.56. The van der Waals surface area contributed by atoms with Crippen molar-refractivity contribution in [1.29, 1.82) is 0 Å². The maximum atomic E-state index is 12.5. The fourth-order valence-electron chi connectivity index (χ4n) is 2.42. The molecule has 0 fully saturated rings. The highest BCUT2D eigenvalue weighted by Gasteiger charge is 2.30. The van der Waals surface area contributed by atoms with Gasteiger partial charge < -0.3 is 0 Å². The number of aromatic nitrogens is 2. The van der Waals surface area contributed by atoms with Crippen LogP contribution in [0.25, 0.3) is 10.6 Å². The van der Waals surface area contributed by atoms with Crippen LogP contribution in [0.1, 0.15) is 11.1 Å². The summed E-state index contributed by atoms with van der Waals surface area (Å²) in [6.45, 7) is 0.478. The molecule has 10 heteroatoms. The van der Waals surface area contributed by atoms with Crippen molar-refractivity contribution in [2.75, 3.05) is 6.54 Å². The molecule has 0 saturated carbocycles. The molecule has 0 aliphatic carbocycles. The van der Waals surface area contributed by atoms with Gasteiger partial charge in [-0.3, -0.25) is 4.68 Å². The molecule has 0 aliphatic heterocycles. The Morgan fingerprint density at radius 1 is 1.11 bits per heavy atom. The van der Waals surface area contributed by atoms with E-state index in [4.69, 9.17) is 0 Å². The minimum atomic E-state index is -4.44. The van der Waals surface area contributed by atoms with Crippen LogP contribution in [0, 0.1) is 0 Å². The maximum Gasteiger partial charge on any atom is 0.416 e. The Kier molecular flexibility index (Phi) is 5.68. The summed E-state index contributed by atoms with van der Waals surface area (Å²) in [6.07, 6.45) is -2.68. The molecule has 27 heavy (non-hydrogen) atoms. The molecule has 0 radical (unpaired) electrons. The number of hydrogen-bond donors (Lipinski definition) is 1. The number of benzene rings is 1. The Morgan fingerprint density at radius 2 is 1.85 bits per heavy atom. The van der Waals surface area contributed by atoms with Crippen LogP contribution in [0.4, 0.5) is 13.2 Å². The zero-order valence-electron chi connectivity index (χ0n) is 14.0. The molecule has 0 atom stereocenters. The quantitative estimate of drug-likeness (QED) is 0.639. The molecular formula is C17H16F3N3O2S2. The monoisotopic (exact) mass is 415 g/mol. The zero-order valence-corrected chi connectivity index (χ0v) is 15.6. The summed E-state index contributed by atoms with van der Waals surface area (Å²) < 4.78 is 65.9. The lowest BCUT2D eigenvalue weighted by atomic mass is 10.1. The van der Waals surface area contributed by atoms with Crippen LogP contribution in [-0.2, 0) is 28.5 Å². The molecule has 0 spiro atoms. The minimum absolute atomic E-state index is 0.133. The standard InChI is InChI=1S/C17H16F3N3O2S2/c18-17(19,20)14-5-3-13(4-6-14)12-27(24,25)21-8-10-23-9-7-15(22-23)16-2-1-11-26-16/h1-7,9,11,21H,8,10,12H2. The molecule has 3 aromatic rings. The van der Waals surface area contributed by atoms with Gasteiger partial charge in [-0.25, -0.2) is 13.1 Å². The van der Waals surface area contributed by atoms with E-state index in [1.807, 2.05) is 23.6 Å². The second-order valence-electron chi connectivity index (χ2n) is 5.79. The third kappa shape index (κ3) is 5.41. The molecule has 0 saturated heterocycles. The van der Waals surface area contributed by atoms with Crippen LogP contribution < -0.4 is 4.72 Å². The fraction of sp³-hybridized carbons (Fsp3) is 0.235. The molecule has 1 N–H and O–H groups in total. The van der Waals surface area contributed by atoms with Gasteiger partial charge in [-0.1, -0.05) is 18.2 Å². The van der Waals surface area contributed by atoms with Crippen molar-refractivity contribution in [3.8, 4) is 10.6 Å². The van der Waals surface area contributed by atoms with E-state index in [0.717, 1.165) is 22.7 Å². The topological polar surface area (TPSA) is 64.0 Å². The van der Waals surface area contributed by atoms with Crippen LogP contribution in [-0.4, -0.2) is 24.7 Å². The van der Waals surface area contributed by atoms with Gasteiger partial charge in [0, 0.05) is 12.7 Å². The SMILES string of the molecule is O=S(=O)(Cc1ccc(C(F)(F)F)cc1)NCCn1ccc(-c2cccs2)n1. The number of hydrogen-bond acceptors (Lipinski definition) is 4. The van der Waals surface area contributed by atoms with E-state index in [-0.39, 0.29) is 17.9 Å². The Bertz CT molecular complexity index is 979. The number of alkyl halides is 3. The van der Waals surface area contributed by atoms with Gasteiger partial charge in [0.1, 0.15) is 5.69 Å². The summed E-state index contributed by atoms with van der Waals surface area (Å²) in [6, 6.07) is 9.81. The smallest absolute Gasteiger partial charge is 0.271 e. The zero-order chi connectivity index (χ0) is 19.5. The summed E-state index contributed by atoms with van der Waals surface area (Å²) in [5.41, 5.74) is 0.295. The van der Waals surface area contributed by atoms with Crippen molar-refractivity contribution in [3.05, 3.63) is 65.2 Å². The van der Waals surface area contributed by atoms with E-state index >= 15 is 0 Å². The van der Waals surface area contributed by atoms with Crippen LogP contribution in [0.3, 0.4) is 0 Å². The first-order chi connectivity index (χ1) is 12.7. The van der Waals surface area contributed by atoms with Gasteiger partial charge in [-0.2, -0.15) is 18.3 Å². The second-order valence-corrected chi connectivity index (χ2v) is 8.54. The number of halogens is 3. The Hall–Kier alpha value is -2.17. The molecule has 2 aromatic heterocycles. The van der Waals surface area contributed by atoms with Crippen molar-refractivity contribution in [3.63, 3.8) is 0 Å². The Morgan fingerprint density at radius 3 is 2.48 bits per heavy atom. The third-order valence-corrected chi connectivity index (χ3v) is 5.96. The second kappa shape index (κ2) is 7.83. The van der Waals surface area contributed by atoms with Gasteiger partial charge >= 0.3 is 6.18 Å². The highest BCUT2D eigenvalue weighted by molar-refractivity contribution is 7.88. The first-order valence-corrected chi connectivity index (χ1v) is 10.5. The van der Waals surface area contributed by atoms with Gasteiger partial charge in [0.25, 0.3) is 0 Å². The average molecular weight is 415 g/mol. The van der Waals surface area contributed by atoms with Crippen LogP contribution in [0.2, 0.25) is 0 Å². The molecule has 5 nitrogen and oxygen atoms in total. The number of sulfonamides is 1. The van der Waals surface area contributed by atoms with Crippen LogP contribution in [0.5, 0.6) is 0 Å². The van der Waals surface area contributed by atoms with E-state index < -0.39 is 21.8 Å². The van der Waals surface area contributed by atoms with Crippen molar-refractivity contribution in [2.45, 2.75) is 18.5 Å². The maximum absolute atomic E-state index is 12.5. The number of nitrogens with one attached hydrogen (secondary N) is 1. The van der Waals surface area contributed by atoms with Gasteiger partial charge in [0.2, 0.25) is 10.0 Å². The minimum Gasteiger partial charge on any atom is -0.271 e. The first-order valence-electron chi connectivity index (χ1n) is 7.94. The van der Waals surface area contributed by atoms with E-state index in [1.54, 1.807) is 22.2 Å². The van der Waals surface area contributed by atoms with Crippen molar-refractivity contribution < 1.29 is 21.6 Å². The summed E-state index contributed by atoms with van der Waals surface area (Å²) in [5.74, 6) is -0.384. The van der Waals surface area contributed by atoms with Crippen molar-refractivity contribution >= 4 is 21.4 Å². The molecule has 2 heterocycles. The fourth-order valence-corrected chi connectivity index (χ4v) is 4.24. The molecule has 3 rings (SSSR count). The molecule has 0 bridgehead atoms. The van der Waals surface area contributed by atoms with Crippen LogP contribution >= 0.6 is 11.3 Å². The Balaban J connectivity index is 1.53. The highest BCUT2D eigenvalue weighted by atomic mass is 32.2. The van der Waals surface area contributed by atoms with Gasteiger partial charge in [-0.05, 0) is 35.2 Å². The summed E-state index contributed by atoms with van der Waals surface area (Å²) in [5, 5.41) is 6.32. The number of rotatable bonds is 7. The predicted octanol–water partition coefficient (Wildman–Crippen LogP) is 3.75. The first kappa shape index (κ1) is 19.6. The van der Waals surface area contributed by atoms with E-state index in [1.165, 1.54) is 12.1 Å². The lowest BCUT2D eigenvalue weighted by molar-refractivity contribution is -0.137. The van der Waals surface area contributed by atoms with E-state index in [2.05, 4.69) is 9.82 Å². The summed E-state index contributed by atoms with van der Waals surface area (Å²) in [7, 11) is -3.66. The number of thiophene rings is 1. The molecule has 1 aromatic carbocycles. The van der Waals surface area contributed by atoms with E-state index in [9.17, 15) is 21.6 Å².